The molecule has 5 nitrogen and oxygen atoms in total. The molecule has 2 N–H and O–H groups in total. The van der Waals surface area contributed by atoms with Crippen molar-refractivity contribution in [2.75, 3.05) is 7.11 Å². The van der Waals surface area contributed by atoms with Gasteiger partial charge in [0.05, 0.1) is 7.11 Å². The van der Waals surface area contributed by atoms with Gasteiger partial charge in [0.15, 0.2) is 11.5 Å². The lowest BCUT2D eigenvalue weighted by Crippen LogP contribution is -2.45. The first-order chi connectivity index (χ1) is 12.7. The zero-order valence-electron chi connectivity index (χ0n) is 16.2. The Morgan fingerprint density at radius 2 is 1.96 bits per heavy atom. The Balaban J connectivity index is 1.71. The maximum Gasteiger partial charge on any atom is 0.380 e. The van der Waals surface area contributed by atoms with Crippen molar-refractivity contribution in [2.24, 2.45) is 22.4 Å². The van der Waals surface area contributed by atoms with Gasteiger partial charge in [0.2, 0.25) is 0 Å². The number of nitrogens with two attached hydrogens (primary N) is 1. The number of aryl methyl sites for hydroxylation is 1. The molecule has 0 saturated heterocycles. The zero-order valence-corrected chi connectivity index (χ0v) is 17.0. The van der Waals surface area contributed by atoms with Gasteiger partial charge in [-0.15, -0.1) is 0 Å². The third-order valence-corrected chi connectivity index (χ3v) is 7.82. The van der Waals surface area contributed by atoms with Crippen LogP contribution < -0.4 is 14.1 Å². The average molecular weight is 392 g/mol. The van der Waals surface area contributed by atoms with Crippen molar-refractivity contribution in [2.45, 2.75) is 57.8 Å². The maximum absolute atomic E-state index is 11.4. The summed E-state index contributed by atoms with van der Waals surface area (Å²) in [6, 6.07) is 3.79. The van der Waals surface area contributed by atoms with Crippen LogP contribution >= 0.6 is 0 Å². The zero-order chi connectivity index (χ0) is 19.4. The van der Waals surface area contributed by atoms with E-state index in [1.807, 2.05) is 12.1 Å². The Kier molecular flexibility index (Phi) is 4.54. The Hall–Kier alpha value is -1.53. The summed E-state index contributed by atoms with van der Waals surface area (Å²) in [4.78, 5) is 0. The van der Waals surface area contributed by atoms with Gasteiger partial charge < -0.3 is 8.92 Å². The largest absolute Gasteiger partial charge is 0.493 e. The second kappa shape index (κ2) is 6.52. The van der Waals surface area contributed by atoms with E-state index in [4.69, 9.17) is 14.1 Å². The van der Waals surface area contributed by atoms with Crippen molar-refractivity contribution in [3.8, 4) is 11.5 Å². The lowest BCUT2D eigenvalue weighted by molar-refractivity contribution is 0.0349. The summed E-state index contributed by atoms with van der Waals surface area (Å²) in [6.07, 6.45) is 8.09. The Morgan fingerprint density at radius 1 is 1.19 bits per heavy atom. The second-order valence-corrected chi connectivity index (χ2v) is 9.80. The van der Waals surface area contributed by atoms with E-state index in [0.717, 1.165) is 24.8 Å². The van der Waals surface area contributed by atoms with Crippen molar-refractivity contribution < 1.29 is 17.3 Å². The molecule has 3 aliphatic rings. The van der Waals surface area contributed by atoms with E-state index in [1.54, 1.807) is 0 Å². The van der Waals surface area contributed by atoms with Crippen molar-refractivity contribution in [1.29, 1.82) is 0 Å². The highest BCUT2D eigenvalue weighted by atomic mass is 32.2. The summed E-state index contributed by atoms with van der Waals surface area (Å²) in [6.45, 7) is 6.85. The number of ether oxygens (including phenoxy) is 1. The number of hydrogen-bond donors (Lipinski definition) is 1. The number of methoxy groups -OCH3 is 1. The van der Waals surface area contributed by atoms with Crippen molar-refractivity contribution >= 4 is 10.3 Å². The van der Waals surface area contributed by atoms with Gasteiger partial charge in [-0.2, -0.15) is 13.6 Å². The molecule has 0 aromatic heterocycles. The van der Waals surface area contributed by atoms with Crippen LogP contribution in [-0.4, -0.2) is 15.5 Å². The molecule has 0 radical (unpaired) electrons. The SMILES string of the molecule is C=C1CCCC2C3CCc4cc(OS(N)(=O)=O)c(OC)cc4C3CC[C@]12C. The van der Waals surface area contributed by atoms with Crippen LogP contribution in [0.2, 0.25) is 0 Å². The minimum atomic E-state index is -4.08. The molecule has 2 saturated carbocycles. The van der Waals surface area contributed by atoms with Gasteiger partial charge in [0.25, 0.3) is 0 Å². The number of rotatable bonds is 3. The highest BCUT2D eigenvalue weighted by molar-refractivity contribution is 7.84. The molecule has 0 heterocycles. The van der Waals surface area contributed by atoms with Gasteiger partial charge in [-0.1, -0.05) is 19.1 Å². The summed E-state index contributed by atoms with van der Waals surface area (Å²) in [5, 5.41) is 5.06. The van der Waals surface area contributed by atoms with Gasteiger partial charge in [-0.05, 0) is 91.4 Å². The van der Waals surface area contributed by atoms with E-state index < -0.39 is 10.3 Å². The molecule has 0 bridgehead atoms. The molecule has 3 unspecified atom stereocenters. The highest BCUT2D eigenvalue weighted by Crippen LogP contribution is 2.61. The summed E-state index contributed by atoms with van der Waals surface area (Å²) >= 11 is 0. The molecule has 148 valence electrons. The van der Waals surface area contributed by atoms with Crippen molar-refractivity contribution in [3.63, 3.8) is 0 Å². The Morgan fingerprint density at radius 3 is 2.67 bits per heavy atom. The number of allylic oxidation sites excluding steroid dienone is 1. The normalized spacial score (nSPS) is 32.9. The summed E-state index contributed by atoms with van der Waals surface area (Å²) in [5.41, 5.74) is 4.17. The second-order valence-electron chi connectivity index (χ2n) is 8.65. The Labute approximate surface area is 162 Å². The van der Waals surface area contributed by atoms with Crippen molar-refractivity contribution in [1.82, 2.24) is 0 Å². The number of fused-ring (bicyclic) bond motifs is 5. The third kappa shape index (κ3) is 3.17. The molecule has 0 aliphatic heterocycles. The van der Waals surface area contributed by atoms with Gasteiger partial charge in [-0.25, -0.2) is 0 Å². The van der Waals surface area contributed by atoms with E-state index in [1.165, 1.54) is 43.9 Å². The monoisotopic (exact) mass is 391 g/mol. The molecule has 2 fully saturated rings. The lowest BCUT2D eigenvalue weighted by atomic mass is 9.49. The first kappa shape index (κ1) is 18.8. The molecule has 6 heteroatoms. The molecular formula is C21H29NO4S. The van der Waals surface area contributed by atoms with Gasteiger partial charge >= 0.3 is 10.3 Å². The van der Waals surface area contributed by atoms with E-state index in [0.29, 0.717) is 23.5 Å². The summed E-state index contributed by atoms with van der Waals surface area (Å²) < 4.78 is 33.1. The first-order valence-electron chi connectivity index (χ1n) is 9.84. The standard InChI is InChI=1S/C21H29NO4S/c1-13-5-4-6-18-16-8-7-14-11-20(26-27(22,23)24)19(25-3)12-17(14)15(16)9-10-21(13,18)2/h11-12,15-16,18H,1,4-10H2,2-3H3,(H2,22,23,24)/t15?,16?,18?,21-/m1/s1. The van der Waals surface area contributed by atoms with Crippen LogP contribution in [0.4, 0.5) is 0 Å². The van der Waals surface area contributed by atoms with Crippen LogP contribution in [0, 0.1) is 17.3 Å². The smallest absolute Gasteiger partial charge is 0.380 e. The van der Waals surface area contributed by atoms with Crippen LogP contribution in [-0.2, 0) is 16.7 Å². The fourth-order valence-electron chi connectivity index (χ4n) is 6.04. The molecule has 4 atom stereocenters. The van der Waals surface area contributed by atoms with Gasteiger partial charge in [0, 0.05) is 0 Å². The predicted octanol–water partition coefficient (Wildman–Crippen LogP) is 4.08. The lowest BCUT2D eigenvalue weighted by Gasteiger charge is -2.55. The van der Waals surface area contributed by atoms with Crippen LogP contribution in [0.3, 0.4) is 0 Å². The molecule has 1 aromatic carbocycles. The van der Waals surface area contributed by atoms with Crippen LogP contribution in [0.15, 0.2) is 24.3 Å². The third-order valence-electron chi connectivity index (χ3n) is 7.41. The van der Waals surface area contributed by atoms with Crippen LogP contribution in [0.5, 0.6) is 11.5 Å². The van der Waals surface area contributed by atoms with E-state index in [-0.39, 0.29) is 11.2 Å². The molecule has 1 aromatic rings. The maximum atomic E-state index is 11.4. The molecule has 27 heavy (non-hydrogen) atoms. The molecule has 0 amide bonds. The molecule has 3 aliphatic carbocycles. The molecule has 4 rings (SSSR count). The summed E-state index contributed by atoms with van der Waals surface area (Å²) in [7, 11) is -2.55. The molecule has 0 spiro atoms. The fraction of sp³-hybridized carbons (Fsp3) is 0.619. The number of hydrogen-bond acceptors (Lipinski definition) is 4. The van der Waals surface area contributed by atoms with Gasteiger partial charge in [-0.3, -0.25) is 0 Å². The van der Waals surface area contributed by atoms with Crippen molar-refractivity contribution in [3.05, 3.63) is 35.4 Å². The van der Waals surface area contributed by atoms with Crippen LogP contribution in [0.25, 0.3) is 0 Å². The minimum Gasteiger partial charge on any atom is -0.493 e. The van der Waals surface area contributed by atoms with E-state index in [2.05, 4.69) is 13.5 Å². The predicted molar refractivity (Wildman–Crippen MR) is 105 cm³/mol. The number of benzene rings is 1. The van der Waals surface area contributed by atoms with Crippen LogP contribution in [0.1, 0.15) is 62.5 Å². The fourth-order valence-corrected chi connectivity index (χ4v) is 6.42. The van der Waals surface area contributed by atoms with E-state index in [9.17, 15) is 8.42 Å². The van der Waals surface area contributed by atoms with Gasteiger partial charge in [0.1, 0.15) is 0 Å². The topological polar surface area (TPSA) is 78.6 Å². The minimum absolute atomic E-state index is 0.184. The quantitative estimate of drug-likeness (QED) is 0.788. The average Bonchev–Trinajstić information content (AvgIpc) is 2.60. The summed E-state index contributed by atoms with van der Waals surface area (Å²) in [5.74, 6) is 2.46. The Bertz CT molecular complexity index is 878. The molecular weight excluding hydrogens is 362 g/mol. The van der Waals surface area contributed by atoms with E-state index >= 15 is 0 Å². The first-order valence-corrected chi connectivity index (χ1v) is 11.3. The highest BCUT2D eigenvalue weighted by Gasteiger charge is 2.50.